The second-order valence-electron chi connectivity index (χ2n) is 9.21. The van der Waals surface area contributed by atoms with Crippen LogP contribution < -0.4 is 10.9 Å². The molecule has 35 heavy (non-hydrogen) atoms. The Morgan fingerprint density at radius 2 is 1.74 bits per heavy atom. The first kappa shape index (κ1) is 24.6. The molecule has 2 fully saturated rings. The first-order valence-electron chi connectivity index (χ1n) is 11.8. The normalized spacial score (nSPS) is 17.6. The van der Waals surface area contributed by atoms with Crippen molar-refractivity contribution in [2.24, 2.45) is 0 Å². The number of aliphatic carboxylic acids is 1. The van der Waals surface area contributed by atoms with E-state index in [-0.39, 0.29) is 11.4 Å². The number of hydrogen-bond acceptors (Lipinski definition) is 6. The fourth-order valence-electron chi connectivity index (χ4n) is 4.93. The van der Waals surface area contributed by atoms with Gasteiger partial charge in [-0.2, -0.15) is 0 Å². The molecular weight excluding hydrogens is 446 g/mol. The van der Waals surface area contributed by atoms with Crippen molar-refractivity contribution in [3.63, 3.8) is 0 Å². The van der Waals surface area contributed by atoms with Gasteiger partial charge < -0.3 is 19.7 Å². The fraction of sp³-hybridized carbons (Fsp3) is 0.370. The van der Waals surface area contributed by atoms with Crippen LogP contribution >= 0.6 is 0 Å². The number of carboxylic acids is 1. The number of nitrogens with one attached hydrogen (secondary N) is 1. The number of para-hydroxylation sites is 1. The summed E-state index contributed by atoms with van der Waals surface area (Å²) in [5.41, 5.74) is 2.01. The first-order valence-corrected chi connectivity index (χ1v) is 11.8. The average molecular weight is 478 g/mol. The van der Waals surface area contributed by atoms with Gasteiger partial charge in [0.2, 0.25) is 0 Å². The minimum atomic E-state index is -0.833. The van der Waals surface area contributed by atoms with Gasteiger partial charge in [0.1, 0.15) is 5.58 Å². The van der Waals surface area contributed by atoms with E-state index in [1.807, 2.05) is 53.4 Å². The number of amides is 1. The van der Waals surface area contributed by atoms with Crippen LogP contribution in [-0.4, -0.2) is 72.1 Å². The Labute approximate surface area is 204 Å². The number of carboxylic acid groups (broad SMARTS) is 1. The summed E-state index contributed by atoms with van der Waals surface area (Å²) < 4.78 is 5.49. The molecule has 3 aromatic rings. The second kappa shape index (κ2) is 10.4. The number of carbonyl (C=O) groups excluding carboxylic acids is 1. The molecule has 0 atom stereocenters. The zero-order valence-electron chi connectivity index (χ0n) is 20.1. The summed E-state index contributed by atoms with van der Waals surface area (Å²) in [5, 5.41) is 11.7. The van der Waals surface area contributed by atoms with Gasteiger partial charge in [-0.05, 0) is 62.8 Å². The van der Waals surface area contributed by atoms with Crippen molar-refractivity contribution in [3.8, 4) is 11.1 Å². The van der Waals surface area contributed by atoms with Crippen molar-refractivity contribution in [3.05, 3.63) is 70.6 Å². The van der Waals surface area contributed by atoms with E-state index in [1.165, 1.54) is 0 Å². The number of hydrogen-bond donors (Lipinski definition) is 2. The third kappa shape index (κ3) is 5.44. The fourth-order valence-corrected chi connectivity index (χ4v) is 4.93. The van der Waals surface area contributed by atoms with Crippen LogP contribution in [-0.2, 0) is 4.79 Å². The first-order chi connectivity index (χ1) is 16.8. The highest BCUT2D eigenvalue weighted by Gasteiger charge is 2.41. The smallest absolute Gasteiger partial charge is 0.344 e. The maximum Gasteiger partial charge on any atom is 0.344 e. The van der Waals surface area contributed by atoms with E-state index >= 15 is 0 Å². The van der Waals surface area contributed by atoms with Gasteiger partial charge in [-0.15, -0.1) is 0 Å². The predicted molar refractivity (Wildman–Crippen MR) is 135 cm³/mol. The van der Waals surface area contributed by atoms with Crippen molar-refractivity contribution in [1.82, 2.24) is 15.1 Å². The quantitative estimate of drug-likeness (QED) is 0.547. The highest BCUT2D eigenvalue weighted by Crippen LogP contribution is 2.30. The molecule has 1 spiro atoms. The third-order valence-corrected chi connectivity index (χ3v) is 6.88. The molecule has 0 unspecified atom stereocenters. The van der Waals surface area contributed by atoms with Gasteiger partial charge in [-0.1, -0.05) is 30.3 Å². The Balaban J connectivity index is 0.000000672. The van der Waals surface area contributed by atoms with E-state index in [0.29, 0.717) is 28.8 Å². The summed E-state index contributed by atoms with van der Waals surface area (Å²) >= 11 is 0. The lowest BCUT2D eigenvalue weighted by atomic mass is 9.84. The Bertz CT molecular complexity index is 1280. The van der Waals surface area contributed by atoms with Crippen LogP contribution in [0.2, 0.25) is 0 Å². The zero-order valence-corrected chi connectivity index (χ0v) is 20.1. The molecule has 5 rings (SSSR count). The molecule has 0 bridgehead atoms. The van der Waals surface area contributed by atoms with Gasteiger partial charge in [-0.3, -0.25) is 14.5 Å². The highest BCUT2D eigenvalue weighted by atomic mass is 16.4. The average Bonchev–Trinajstić information content (AvgIpc) is 2.85. The molecule has 0 radical (unpaired) electrons. The number of benzene rings is 2. The Hall–Kier alpha value is -3.49. The van der Waals surface area contributed by atoms with Crippen LogP contribution in [0, 0.1) is 0 Å². The monoisotopic (exact) mass is 477 g/mol. The molecular formula is C27H31N3O5. The number of nitrogens with zero attached hydrogens (tertiary/aromatic N) is 2. The van der Waals surface area contributed by atoms with Gasteiger partial charge in [0.15, 0.2) is 0 Å². The predicted octanol–water partition coefficient (Wildman–Crippen LogP) is 3.06. The lowest BCUT2D eigenvalue weighted by Gasteiger charge is -2.51. The summed E-state index contributed by atoms with van der Waals surface area (Å²) in [4.78, 5) is 39.4. The molecule has 184 valence electrons. The minimum Gasteiger partial charge on any atom is -0.481 e. The lowest BCUT2D eigenvalue weighted by Crippen LogP contribution is -2.64. The molecule has 1 amide bonds. The molecule has 8 nitrogen and oxygen atoms in total. The summed E-state index contributed by atoms with van der Waals surface area (Å²) in [6.45, 7) is 5.39. The number of piperidine rings is 1. The number of carbonyl (C=O) groups is 2. The van der Waals surface area contributed by atoms with Crippen LogP contribution in [0.3, 0.4) is 0 Å². The molecule has 0 saturated carbocycles. The second-order valence-corrected chi connectivity index (χ2v) is 9.21. The van der Waals surface area contributed by atoms with Gasteiger partial charge >= 0.3 is 5.63 Å². The Kier molecular flexibility index (Phi) is 7.33. The molecule has 2 aliphatic rings. The van der Waals surface area contributed by atoms with E-state index in [0.717, 1.165) is 51.3 Å². The van der Waals surface area contributed by atoms with Gasteiger partial charge in [0, 0.05) is 43.0 Å². The van der Waals surface area contributed by atoms with E-state index in [4.69, 9.17) is 14.3 Å². The van der Waals surface area contributed by atoms with Crippen LogP contribution in [0.25, 0.3) is 22.1 Å². The molecule has 1 aromatic heterocycles. The number of piperazine rings is 1. The Morgan fingerprint density at radius 3 is 2.49 bits per heavy atom. The molecule has 2 saturated heterocycles. The maximum atomic E-state index is 13.4. The van der Waals surface area contributed by atoms with E-state index < -0.39 is 11.6 Å². The van der Waals surface area contributed by atoms with Gasteiger partial charge in [-0.25, -0.2) is 4.79 Å². The minimum absolute atomic E-state index is 0.0260. The largest absolute Gasteiger partial charge is 0.481 e. The summed E-state index contributed by atoms with van der Waals surface area (Å²) in [7, 11) is 2.17. The molecule has 2 aromatic carbocycles. The van der Waals surface area contributed by atoms with Gasteiger partial charge in [0.05, 0.1) is 5.56 Å². The topological polar surface area (TPSA) is 103 Å². The summed E-state index contributed by atoms with van der Waals surface area (Å²) in [6.07, 6.45) is 2.09. The van der Waals surface area contributed by atoms with E-state index in [1.54, 1.807) is 6.07 Å². The summed E-state index contributed by atoms with van der Waals surface area (Å²) in [5.74, 6) is -0.807. The number of fused-ring (bicyclic) bond motifs is 1. The molecule has 2 aliphatic heterocycles. The van der Waals surface area contributed by atoms with Crippen molar-refractivity contribution < 1.29 is 19.1 Å². The van der Waals surface area contributed by atoms with Crippen LogP contribution in [0.4, 0.5) is 0 Å². The van der Waals surface area contributed by atoms with E-state index in [2.05, 4.69) is 17.3 Å². The highest BCUT2D eigenvalue weighted by molar-refractivity contribution is 5.96. The van der Waals surface area contributed by atoms with Crippen molar-refractivity contribution in [2.75, 3.05) is 39.8 Å². The van der Waals surface area contributed by atoms with Crippen LogP contribution in [0.5, 0.6) is 0 Å². The van der Waals surface area contributed by atoms with Crippen molar-refractivity contribution in [1.29, 1.82) is 0 Å². The Morgan fingerprint density at radius 1 is 1.03 bits per heavy atom. The molecule has 3 heterocycles. The van der Waals surface area contributed by atoms with Crippen molar-refractivity contribution >= 4 is 22.8 Å². The third-order valence-electron chi connectivity index (χ3n) is 6.88. The van der Waals surface area contributed by atoms with Crippen molar-refractivity contribution in [2.45, 2.75) is 25.3 Å². The SMILES string of the molecule is CC(=O)O.CN1CCN(C(=O)c2cccc(-c3cc4ccccc4oc3=O)c2)CC12CCNCC2. The van der Waals surface area contributed by atoms with E-state index in [9.17, 15) is 9.59 Å². The van der Waals surface area contributed by atoms with Crippen LogP contribution in [0.15, 0.2) is 63.8 Å². The molecule has 0 aliphatic carbocycles. The number of rotatable bonds is 2. The lowest BCUT2D eigenvalue weighted by molar-refractivity contribution is -0.134. The van der Waals surface area contributed by atoms with Gasteiger partial charge in [0.25, 0.3) is 11.9 Å². The molecule has 2 N–H and O–H groups in total. The molecule has 8 heteroatoms. The van der Waals surface area contributed by atoms with Crippen LogP contribution in [0.1, 0.15) is 30.1 Å². The standard InChI is InChI=1S/C25H27N3O3.C2H4O2/c1-27-13-14-28(17-25(27)9-11-26-12-10-25)23(29)20-7-4-6-18(15-20)21-16-19-5-2-3-8-22(19)31-24(21)30;1-2(3)4/h2-8,15-16,26H,9-14,17H2,1H3;1H3,(H,3,4). The summed E-state index contributed by atoms with van der Waals surface area (Å²) in [6, 6.07) is 16.6. The number of likely N-dealkylation sites (N-methyl/N-ethyl adjacent to an activating group) is 1. The maximum absolute atomic E-state index is 13.4. The zero-order chi connectivity index (χ0) is 25.0.